The van der Waals surface area contributed by atoms with Gasteiger partial charge in [0.1, 0.15) is 5.75 Å². The lowest BCUT2D eigenvalue weighted by Crippen LogP contribution is -2.68. The molecule has 1 heterocycles. The molecular formula is C14H15ClO8. The smallest absolute Gasteiger partial charge is 0.363 e. The Labute approximate surface area is 134 Å². The molecule has 1 aromatic heterocycles. The summed E-state index contributed by atoms with van der Waals surface area (Å²) in [6, 6.07) is 7.23. The standard InChI is InChI=1S/C14H15O4.ClHO4/c1-4-17-14(15)12-7-10-5-6-11(16-3)8-13(10)18-9(12)2;2-1(3,4)5/h5-8H,4H2,1-3H3;(H,2,3,4,5)/q+1;/p-1. The van der Waals surface area contributed by atoms with Gasteiger partial charge in [-0.2, -0.15) is 0 Å². The molecule has 0 spiro atoms. The van der Waals surface area contributed by atoms with Crippen molar-refractivity contribution in [3.63, 3.8) is 0 Å². The summed E-state index contributed by atoms with van der Waals surface area (Å²) in [6.45, 7) is 3.86. The summed E-state index contributed by atoms with van der Waals surface area (Å²) in [4.78, 5) is 11.7. The summed E-state index contributed by atoms with van der Waals surface area (Å²) in [5.41, 5.74) is 1.13. The molecule has 23 heavy (non-hydrogen) atoms. The second-order valence-electron chi connectivity index (χ2n) is 4.22. The van der Waals surface area contributed by atoms with Crippen molar-refractivity contribution < 1.29 is 47.6 Å². The molecule has 0 aliphatic carbocycles. The molecule has 2 rings (SSSR count). The first kappa shape index (κ1) is 19.1. The van der Waals surface area contributed by atoms with Gasteiger partial charge in [-0.25, -0.2) is 27.8 Å². The van der Waals surface area contributed by atoms with E-state index < -0.39 is 10.2 Å². The van der Waals surface area contributed by atoms with E-state index in [1.54, 1.807) is 33.1 Å². The monoisotopic (exact) mass is 346 g/mol. The van der Waals surface area contributed by atoms with E-state index >= 15 is 0 Å². The summed E-state index contributed by atoms with van der Waals surface area (Å²) >= 11 is 0. The first-order valence-corrected chi connectivity index (χ1v) is 7.59. The molecule has 8 nitrogen and oxygen atoms in total. The number of benzene rings is 1. The molecule has 0 unspecified atom stereocenters. The topological polar surface area (TPSA) is 139 Å². The average Bonchev–Trinajstić information content (AvgIpc) is 2.44. The molecule has 2 aromatic rings. The fourth-order valence-corrected chi connectivity index (χ4v) is 1.74. The second kappa shape index (κ2) is 8.04. The number of esters is 1. The molecule has 0 bridgehead atoms. The van der Waals surface area contributed by atoms with Gasteiger partial charge in [0.2, 0.25) is 0 Å². The zero-order valence-corrected chi connectivity index (χ0v) is 13.4. The zero-order valence-electron chi connectivity index (χ0n) is 12.7. The Kier molecular flexibility index (Phi) is 6.67. The largest absolute Gasteiger partial charge is 0.496 e. The zero-order chi connectivity index (χ0) is 17.6. The molecule has 0 amide bonds. The Balaban J connectivity index is 0.000000463. The lowest BCUT2D eigenvalue weighted by molar-refractivity contribution is -2.00. The van der Waals surface area contributed by atoms with Crippen molar-refractivity contribution in [2.75, 3.05) is 13.7 Å². The van der Waals surface area contributed by atoms with E-state index in [0.717, 1.165) is 11.1 Å². The van der Waals surface area contributed by atoms with Crippen molar-refractivity contribution in [3.05, 3.63) is 35.6 Å². The van der Waals surface area contributed by atoms with Crippen molar-refractivity contribution in [3.8, 4) is 5.75 Å². The van der Waals surface area contributed by atoms with Gasteiger partial charge in [-0.3, -0.25) is 0 Å². The summed E-state index contributed by atoms with van der Waals surface area (Å²) in [5.74, 6) is 0.889. The summed E-state index contributed by atoms with van der Waals surface area (Å²) in [6.07, 6.45) is 0. The molecule has 0 atom stereocenters. The third-order valence-electron chi connectivity index (χ3n) is 2.66. The molecule has 0 fully saturated rings. The van der Waals surface area contributed by atoms with Gasteiger partial charge in [0.25, 0.3) is 0 Å². The second-order valence-corrected chi connectivity index (χ2v) is 4.97. The molecule has 0 N–H and O–H groups in total. The fraction of sp³-hybridized carbons (Fsp3) is 0.286. The Bertz CT molecular complexity index is 674. The SMILES string of the molecule is CCOC(=O)c1cc2ccc(OC)cc2[o+]c1C.[O-][Cl+3]([O-])([O-])[O-]. The molecule has 126 valence electrons. The Morgan fingerprint density at radius 2 is 1.83 bits per heavy atom. The van der Waals surface area contributed by atoms with Crippen LogP contribution in [0.25, 0.3) is 11.0 Å². The number of carbonyl (C=O) groups is 1. The molecule has 0 radical (unpaired) electrons. The van der Waals surface area contributed by atoms with Crippen LogP contribution in [0.3, 0.4) is 0 Å². The van der Waals surface area contributed by atoms with Gasteiger partial charge in [-0.05, 0) is 25.1 Å². The molecule has 1 aromatic carbocycles. The highest BCUT2D eigenvalue weighted by atomic mass is 35.7. The van der Waals surface area contributed by atoms with Crippen molar-refractivity contribution in [2.24, 2.45) is 0 Å². The highest BCUT2D eigenvalue weighted by Crippen LogP contribution is 2.24. The van der Waals surface area contributed by atoms with Gasteiger partial charge in [0.15, 0.2) is 5.56 Å². The van der Waals surface area contributed by atoms with Gasteiger partial charge in [0, 0.05) is 0 Å². The summed E-state index contributed by atoms with van der Waals surface area (Å²) < 4.78 is 49.7. The highest BCUT2D eigenvalue weighted by Gasteiger charge is 2.22. The van der Waals surface area contributed by atoms with Crippen LogP contribution in [0.15, 0.2) is 28.7 Å². The van der Waals surface area contributed by atoms with Crippen LogP contribution in [0, 0.1) is 17.2 Å². The van der Waals surface area contributed by atoms with Crippen LogP contribution in [0.1, 0.15) is 23.0 Å². The van der Waals surface area contributed by atoms with Crippen molar-refractivity contribution in [2.45, 2.75) is 13.8 Å². The molecule has 0 aliphatic heterocycles. The van der Waals surface area contributed by atoms with Crippen LogP contribution >= 0.6 is 0 Å². The predicted molar refractivity (Wildman–Crippen MR) is 67.9 cm³/mol. The van der Waals surface area contributed by atoms with Gasteiger partial charge in [-0.1, -0.05) is 0 Å². The fourth-order valence-electron chi connectivity index (χ4n) is 1.74. The predicted octanol–water partition coefficient (Wildman–Crippen LogP) is -1.55. The minimum absolute atomic E-state index is 0.346. The van der Waals surface area contributed by atoms with E-state index in [2.05, 4.69) is 0 Å². The van der Waals surface area contributed by atoms with Crippen LogP contribution in [0.2, 0.25) is 0 Å². The van der Waals surface area contributed by atoms with Crippen molar-refractivity contribution >= 4 is 16.9 Å². The lowest BCUT2D eigenvalue weighted by Gasteiger charge is -2.17. The number of methoxy groups -OCH3 is 1. The van der Waals surface area contributed by atoms with E-state index in [1.807, 2.05) is 12.1 Å². The number of halogens is 1. The molecule has 0 saturated carbocycles. The van der Waals surface area contributed by atoms with Crippen LogP contribution in [-0.2, 0) is 4.74 Å². The quantitative estimate of drug-likeness (QED) is 0.480. The third-order valence-corrected chi connectivity index (χ3v) is 2.66. The van der Waals surface area contributed by atoms with Crippen LogP contribution < -0.4 is 23.4 Å². The minimum atomic E-state index is -4.94. The first-order chi connectivity index (χ1) is 10.7. The normalized spacial score (nSPS) is 10.7. The van der Waals surface area contributed by atoms with Crippen LogP contribution in [-0.4, -0.2) is 19.7 Å². The van der Waals surface area contributed by atoms with Gasteiger partial charge >= 0.3 is 17.3 Å². The lowest BCUT2D eigenvalue weighted by atomic mass is 10.1. The summed E-state index contributed by atoms with van der Waals surface area (Å²) in [7, 11) is -3.35. The van der Waals surface area contributed by atoms with Crippen molar-refractivity contribution in [1.29, 1.82) is 0 Å². The van der Waals surface area contributed by atoms with E-state index in [0.29, 0.717) is 23.5 Å². The number of aryl methyl sites for hydroxylation is 1. The number of rotatable bonds is 3. The van der Waals surface area contributed by atoms with Crippen LogP contribution in [0.5, 0.6) is 5.75 Å². The van der Waals surface area contributed by atoms with Gasteiger partial charge in [0.05, 0.1) is 32.1 Å². The van der Waals surface area contributed by atoms with E-state index in [9.17, 15) is 4.79 Å². The Morgan fingerprint density at radius 1 is 1.22 bits per heavy atom. The Hall–Kier alpha value is -1.97. The average molecular weight is 347 g/mol. The number of fused-ring (bicyclic) bond motifs is 1. The Morgan fingerprint density at radius 3 is 2.35 bits per heavy atom. The van der Waals surface area contributed by atoms with Gasteiger partial charge < -0.3 is 9.47 Å². The maximum absolute atomic E-state index is 11.7. The van der Waals surface area contributed by atoms with E-state index in [1.165, 1.54) is 0 Å². The summed E-state index contributed by atoms with van der Waals surface area (Å²) in [5, 5.41) is 0.837. The molecule has 0 aliphatic rings. The minimum Gasteiger partial charge on any atom is -0.496 e. The van der Waals surface area contributed by atoms with Gasteiger partial charge in [-0.15, -0.1) is 10.2 Å². The number of hydrogen-bond acceptors (Lipinski definition) is 7. The number of hydrogen-bond donors (Lipinski definition) is 0. The first-order valence-electron chi connectivity index (χ1n) is 6.36. The molecule has 9 heteroatoms. The molecule has 0 saturated heterocycles. The molecular weight excluding hydrogens is 332 g/mol. The number of ether oxygens (including phenoxy) is 2. The van der Waals surface area contributed by atoms with E-state index in [-0.39, 0.29) is 5.97 Å². The van der Waals surface area contributed by atoms with Crippen molar-refractivity contribution in [1.82, 2.24) is 0 Å². The van der Waals surface area contributed by atoms with Crippen LogP contribution in [0.4, 0.5) is 0 Å². The maximum Gasteiger partial charge on any atom is 0.363 e. The third kappa shape index (κ3) is 6.35. The van der Waals surface area contributed by atoms with E-state index in [4.69, 9.17) is 32.5 Å². The number of carbonyl (C=O) groups excluding carboxylic acids is 1. The maximum atomic E-state index is 11.7. The highest BCUT2D eigenvalue weighted by molar-refractivity contribution is 5.94.